The molecule has 2 rings (SSSR count). The van der Waals surface area contributed by atoms with Crippen LogP contribution in [0.15, 0.2) is 27.5 Å². The lowest BCUT2D eigenvalue weighted by Gasteiger charge is -2.11. The average Bonchev–Trinajstić information content (AvgIpc) is 2.23. The van der Waals surface area contributed by atoms with Crippen molar-refractivity contribution in [1.82, 2.24) is 9.55 Å². The maximum absolute atomic E-state index is 12.2. The summed E-state index contributed by atoms with van der Waals surface area (Å²) in [4.78, 5) is 16.4. The zero-order chi connectivity index (χ0) is 12.6. The van der Waals surface area contributed by atoms with Crippen LogP contribution in [0.3, 0.4) is 0 Å². The minimum Gasteiger partial charge on any atom is -0.326 e. The minimum atomic E-state index is -0.162. The molecule has 0 aliphatic carbocycles. The van der Waals surface area contributed by atoms with E-state index in [1.807, 2.05) is 6.92 Å². The molecule has 90 valence electrons. The van der Waals surface area contributed by atoms with Crippen molar-refractivity contribution in [2.75, 3.05) is 0 Å². The summed E-state index contributed by atoms with van der Waals surface area (Å²) in [5, 5.41) is 0.705. The third kappa shape index (κ3) is 2.51. The molecule has 2 aromatic rings. The van der Waals surface area contributed by atoms with E-state index in [0.717, 1.165) is 4.47 Å². The van der Waals surface area contributed by atoms with E-state index >= 15 is 0 Å². The quantitative estimate of drug-likeness (QED) is 0.864. The van der Waals surface area contributed by atoms with Gasteiger partial charge in [0.15, 0.2) is 0 Å². The largest absolute Gasteiger partial charge is 0.326 e. The Morgan fingerprint density at radius 3 is 2.94 bits per heavy atom. The number of hydrogen-bond donors (Lipinski definition) is 1. The Balaban J connectivity index is 2.72. The van der Waals surface area contributed by atoms with Gasteiger partial charge in [-0.2, -0.15) is 0 Å². The van der Waals surface area contributed by atoms with Gasteiger partial charge >= 0.3 is 0 Å². The maximum atomic E-state index is 12.2. The Bertz CT molecular complexity index is 624. The summed E-state index contributed by atoms with van der Waals surface area (Å²) >= 11 is 9.31. The van der Waals surface area contributed by atoms with Crippen molar-refractivity contribution < 1.29 is 0 Å². The predicted molar refractivity (Wildman–Crippen MR) is 72.4 cm³/mol. The summed E-state index contributed by atoms with van der Waals surface area (Å²) in [6.45, 7) is 2.17. The number of benzene rings is 1. The Morgan fingerprint density at radius 1 is 1.59 bits per heavy atom. The summed E-state index contributed by atoms with van der Waals surface area (Å²) in [5.74, 6) is 0. The number of hydrogen-bond acceptors (Lipinski definition) is 3. The van der Waals surface area contributed by atoms with Gasteiger partial charge in [0.2, 0.25) is 5.28 Å². The number of rotatable bonds is 2. The Hall–Kier alpha value is -0.910. The SMILES string of the molecule is CC(N)Cn1c(Cl)nc2cc(Br)ccc2c1=O. The molecule has 0 spiro atoms. The van der Waals surface area contributed by atoms with Crippen LogP contribution < -0.4 is 11.3 Å². The third-order valence-corrected chi connectivity index (χ3v) is 3.12. The molecule has 1 atom stereocenters. The van der Waals surface area contributed by atoms with Crippen LogP contribution in [0.25, 0.3) is 10.9 Å². The molecular weight excluding hydrogens is 305 g/mol. The molecule has 0 bridgehead atoms. The first kappa shape index (κ1) is 12.5. The summed E-state index contributed by atoms with van der Waals surface area (Å²) in [5.41, 5.74) is 6.09. The molecule has 0 fully saturated rings. The molecule has 4 nitrogen and oxygen atoms in total. The van der Waals surface area contributed by atoms with Gasteiger partial charge in [0.1, 0.15) is 0 Å². The van der Waals surface area contributed by atoms with Crippen LogP contribution >= 0.6 is 27.5 Å². The monoisotopic (exact) mass is 315 g/mol. The van der Waals surface area contributed by atoms with Crippen molar-refractivity contribution in [2.24, 2.45) is 5.73 Å². The number of aromatic nitrogens is 2. The van der Waals surface area contributed by atoms with Crippen LogP contribution in [-0.4, -0.2) is 15.6 Å². The van der Waals surface area contributed by atoms with Gasteiger partial charge in [-0.15, -0.1) is 0 Å². The first-order valence-electron chi connectivity index (χ1n) is 5.10. The molecule has 0 amide bonds. The smallest absolute Gasteiger partial charge is 0.262 e. The molecule has 1 aromatic carbocycles. The van der Waals surface area contributed by atoms with Crippen molar-refractivity contribution in [1.29, 1.82) is 0 Å². The van der Waals surface area contributed by atoms with E-state index in [-0.39, 0.29) is 16.9 Å². The van der Waals surface area contributed by atoms with E-state index in [0.29, 0.717) is 17.4 Å². The highest BCUT2D eigenvalue weighted by Crippen LogP contribution is 2.17. The first-order valence-corrected chi connectivity index (χ1v) is 6.27. The topological polar surface area (TPSA) is 60.9 Å². The molecule has 0 saturated carbocycles. The number of fused-ring (bicyclic) bond motifs is 1. The van der Waals surface area contributed by atoms with E-state index in [1.54, 1.807) is 18.2 Å². The predicted octanol–water partition coefficient (Wildman–Crippen LogP) is 2.16. The Labute approximate surface area is 112 Å². The molecule has 1 heterocycles. The van der Waals surface area contributed by atoms with Crippen LogP contribution in [0.2, 0.25) is 5.28 Å². The zero-order valence-corrected chi connectivity index (χ0v) is 11.5. The van der Waals surface area contributed by atoms with E-state index in [9.17, 15) is 4.79 Å². The normalized spacial score (nSPS) is 12.9. The van der Waals surface area contributed by atoms with Gasteiger partial charge in [-0.05, 0) is 36.7 Å². The standard InChI is InChI=1S/C11H11BrClN3O/c1-6(14)5-16-10(17)8-3-2-7(12)4-9(8)15-11(16)13/h2-4,6H,5,14H2,1H3. The Kier molecular flexibility index (Phi) is 3.51. The molecule has 0 radical (unpaired) electrons. The van der Waals surface area contributed by atoms with Crippen LogP contribution in [0.4, 0.5) is 0 Å². The summed E-state index contributed by atoms with van der Waals surface area (Å²) in [6.07, 6.45) is 0. The van der Waals surface area contributed by atoms with Crippen LogP contribution in [0.5, 0.6) is 0 Å². The van der Waals surface area contributed by atoms with Gasteiger partial charge in [0, 0.05) is 17.1 Å². The molecule has 0 aliphatic heterocycles. The molecule has 2 N–H and O–H groups in total. The van der Waals surface area contributed by atoms with Gasteiger partial charge < -0.3 is 5.73 Å². The summed E-state index contributed by atoms with van der Waals surface area (Å²) in [6, 6.07) is 5.14. The fourth-order valence-corrected chi connectivity index (χ4v) is 2.20. The van der Waals surface area contributed by atoms with Crippen molar-refractivity contribution in [3.8, 4) is 0 Å². The summed E-state index contributed by atoms with van der Waals surface area (Å²) < 4.78 is 2.25. The second-order valence-corrected chi connectivity index (χ2v) is 5.19. The van der Waals surface area contributed by atoms with E-state index in [1.165, 1.54) is 4.57 Å². The second kappa shape index (κ2) is 4.76. The van der Waals surface area contributed by atoms with E-state index in [2.05, 4.69) is 20.9 Å². The van der Waals surface area contributed by atoms with Gasteiger partial charge in [0.25, 0.3) is 5.56 Å². The molecule has 1 aromatic heterocycles. The lowest BCUT2D eigenvalue weighted by molar-refractivity contribution is 0.571. The van der Waals surface area contributed by atoms with Crippen molar-refractivity contribution in [3.63, 3.8) is 0 Å². The highest BCUT2D eigenvalue weighted by atomic mass is 79.9. The molecular formula is C11H11BrClN3O. The number of halogens is 2. The van der Waals surface area contributed by atoms with Gasteiger partial charge in [-0.1, -0.05) is 15.9 Å². The second-order valence-electron chi connectivity index (χ2n) is 3.94. The lowest BCUT2D eigenvalue weighted by Crippen LogP contribution is -2.31. The highest BCUT2D eigenvalue weighted by molar-refractivity contribution is 9.10. The van der Waals surface area contributed by atoms with Crippen LogP contribution in [0, 0.1) is 0 Å². The molecule has 17 heavy (non-hydrogen) atoms. The molecule has 6 heteroatoms. The summed E-state index contributed by atoms with van der Waals surface area (Å²) in [7, 11) is 0. The maximum Gasteiger partial charge on any atom is 0.262 e. The lowest BCUT2D eigenvalue weighted by atomic mass is 10.2. The van der Waals surface area contributed by atoms with Crippen molar-refractivity contribution >= 4 is 38.4 Å². The minimum absolute atomic E-state index is 0.153. The van der Waals surface area contributed by atoms with Gasteiger partial charge in [0.05, 0.1) is 10.9 Å². The highest BCUT2D eigenvalue weighted by Gasteiger charge is 2.10. The number of nitrogens with zero attached hydrogens (tertiary/aromatic N) is 2. The van der Waals surface area contributed by atoms with Crippen molar-refractivity contribution in [3.05, 3.63) is 38.3 Å². The zero-order valence-electron chi connectivity index (χ0n) is 9.15. The fourth-order valence-electron chi connectivity index (χ4n) is 1.61. The van der Waals surface area contributed by atoms with Crippen LogP contribution in [-0.2, 0) is 6.54 Å². The van der Waals surface area contributed by atoms with E-state index in [4.69, 9.17) is 17.3 Å². The average molecular weight is 317 g/mol. The molecule has 1 unspecified atom stereocenters. The number of nitrogens with two attached hydrogens (primary N) is 1. The molecule has 0 saturated heterocycles. The van der Waals surface area contributed by atoms with E-state index < -0.39 is 0 Å². The van der Waals surface area contributed by atoms with Gasteiger partial charge in [-0.25, -0.2) is 4.98 Å². The van der Waals surface area contributed by atoms with Crippen LogP contribution in [0.1, 0.15) is 6.92 Å². The third-order valence-electron chi connectivity index (χ3n) is 2.34. The molecule has 0 aliphatic rings. The van der Waals surface area contributed by atoms with Crippen molar-refractivity contribution in [2.45, 2.75) is 19.5 Å². The first-order chi connectivity index (χ1) is 7.99. The Morgan fingerprint density at radius 2 is 2.29 bits per heavy atom. The fraction of sp³-hybridized carbons (Fsp3) is 0.273. The van der Waals surface area contributed by atoms with Gasteiger partial charge in [-0.3, -0.25) is 9.36 Å².